The first kappa shape index (κ1) is 19.0. The van der Waals surface area contributed by atoms with Crippen LogP contribution >= 0.6 is 12.4 Å². The van der Waals surface area contributed by atoms with Crippen LogP contribution in [0.3, 0.4) is 0 Å². The average Bonchev–Trinajstić information content (AvgIpc) is 2.45. The maximum atomic E-state index is 12.4. The van der Waals surface area contributed by atoms with Gasteiger partial charge in [0.15, 0.2) is 0 Å². The summed E-state index contributed by atoms with van der Waals surface area (Å²) >= 11 is 0. The summed E-state index contributed by atoms with van der Waals surface area (Å²) in [7, 11) is 0. The second-order valence-corrected chi connectivity index (χ2v) is 6.85. The summed E-state index contributed by atoms with van der Waals surface area (Å²) in [6, 6.07) is 9.92. The van der Waals surface area contributed by atoms with Crippen molar-refractivity contribution in [2.45, 2.75) is 52.1 Å². The molecule has 2 rings (SSSR count). The van der Waals surface area contributed by atoms with Crippen molar-refractivity contribution in [1.29, 1.82) is 0 Å². The van der Waals surface area contributed by atoms with Crippen molar-refractivity contribution in [3.05, 3.63) is 35.9 Å². The van der Waals surface area contributed by atoms with E-state index in [0.717, 1.165) is 18.4 Å². The molecule has 0 heterocycles. The van der Waals surface area contributed by atoms with Gasteiger partial charge in [0.05, 0.1) is 5.92 Å². The van der Waals surface area contributed by atoms with Crippen LogP contribution in [0.1, 0.15) is 51.6 Å². The quantitative estimate of drug-likeness (QED) is 0.887. The van der Waals surface area contributed by atoms with Gasteiger partial charge in [0.25, 0.3) is 0 Å². The van der Waals surface area contributed by atoms with Crippen molar-refractivity contribution in [3.8, 4) is 0 Å². The zero-order valence-corrected chi connectivity index (χ0v) is 14.6. The first-order valence-corrected chi connectivity index (χ1v) is 8.08. The number of nitrogens with one attached hydrogen (secondary N) is 1. The molecule has 1 aliphatic carbocycles. The average molecular weight is 325 g/mol. The van der Waals surface area contributed by atoms with Crippen LogP contribution in [0.15, 0.2) is 30.3 Å². The van der Waals surface area contributed by atoms with Crippen LogP contribution in [0.5, 0.6) is 0 Å². The van der Waals surface area contributed by atoms with Crippen LogP contribution < -0.4 is 11.1 Å². The molecule has 0 aliphatic heterocycles. The van der Waals surface area contributed by atoms with E-state index >= 15 is 0 Å². The van der Waals surface area contributed by atoms with Gasteiger partial charge in [0, 0.05) is 12.1 Å². The monoisotopic (exact) mass is 324 g/mol. The topological polar surface area (TPSA) is 55.1 Å². The Balaban J connectivity index is 0.00000242. The van der Waals surface area contributed by atoms with Crippen molar-refractivity contribution in [3.63, 3.8) is 0 Å². The van der Waals surface area contributed by atoms with Crippen molar-refractivity contribution >= 4 is 18.3 Å². The molecule has 1 amide bonds. The van der Waals surface area contributed by atoms with Crippen LogP contribution in [-0.2, 0) is 4.79 Å². The van der Waals surface area contributed by atoms with Gasteiger partial charge in [-0.25, -0.2) is 0 Å². The number of nitrogens with two attached hydrogens (primary N) is 1. The summed E-state index contributed by atoms with van der Waals surface area (Å²) < 4.78 is 0. The van der Waals surface area contributed by atoms with Gasteiger partial charge in [-0.1, -0.05) is 51.1 Å². The normalized spacial score (nSPS) is 27.4. The lowest BCUT2D eigenvalue weighted by Crippen LogP contribution is -2.44. The molecule has 3 N–H and O–H groups in total. The lowest BCUT2D eigenvalue weighted by Gasteiger charge is -2.33. The minimum Gasteiger partial charge on any atom is -0.353 e. The number of rotatable bonds is 4. The number of carbonyl (C=O) groups is 1. The fraction of sp³-hybridized carbons (Fsp3) is 0.611. The maximum Gasteiger partial charge on any atom is 0.224 e. The fourth-order valence-electron chi connectivity index (χ4n) is 3.52. The molecule has 1 aliphatic rings. The number of halogens is 1. The Hall–Kier alpha value is -1.06. The molecule has 4 unspecified atom stereocenters. The van der Waals surface area contributed by atoms with E-state index in [0.29, 0.717) is 17.9 Å². The zero-order chi connectivity index (χ0) is 15.4. The molecule has 1 fully saturated rings. The summed E-state index contributed by atoms with van der Waals surface area (Å²) in [5.74, 6) is 1.26. The Morgan fingerprint density at radius 2 is 1.68 bits per heavy atom. The zero-order valence-electron chi connectivity index (χ0n) is 13.8. The molecule has 1 aromatic rings. The van der Waals surface area contributed by atoms with Crippen LogP contribution in [0.25, 0.3) is 0 Å². The Morgan fingerprint density at radius 3 is 2.23 bits per heavy atom. The summed E-state index contributed by atoms with van der Waals surface area (Å²) in [6.45, 7) is 6.46. The molecule has 0 saturated heterocycles. The fourth-order valence-corrected chi connectivity index (χ4v) is 3.52. The summed E-state index contributed by atoms with van der Waals surface area (Å²) in [4.78, 5) is 12.4. The molecule has 4 heteroatoms. The van der Waals surface area contributed by atoms with Crippen molar-refractivity contribution in [2.75, 3.05) is 0 Å². The summed E-state index contributed by atoms with van der Waals surface area (Å²) in [5.41, 5.74) is 7.26. The largest absolute Gasteiger partial charge is 0.353 e. The Kier molecular flexibility index (Phi) is 7.37. The number of amides is 1. The van der Waals surface area contributed by atoms with E-state index in [9.17, 15) is 4.79 Å². The van der Waals surface area contributed by atoms with Gasteiger partial charge >= 0.3 is 0 Å². The van der Waals surface area contributed by atoms with E-state index in [1.165, 1.54) is 6.42 Å². The van der Waals surface area contributed by atoms with Gasteiger partial charge in [0.1, 0.15) is 0 Å². The van der Waals surface area contributed by atoms with Crippen LogP contribution in [0.2, 0.25) is 0 Å². The number of hydrogen-bond donors (Lipinski definition) is 2. The van der Waals surface area contributed by atoms with Gasteiger partial charge in [-0.3, -0.25) is 4.79 Å². The smallest absolute Gasteiger partial charge is 0.224 e. The number of hydrogen-bond acceptors (Lipinski definition) is 2. The van der Waals surface area contributed by atoms with E-state index in [1.54, 1.807) is 0 Å². The van der Waals surface area contributed by atoms with Crippen LogP contribution in [-0.4, -0.2) is 11.9 Å². The molecule has 1 aromatic carbocycles. The first-order chi connectivity index (χ1) is 9.97. The highest BCUT2D eigenvalue weighted by atomic mass is 35.5. The summed E-state index contributed by atoms with van der Waals surface area (Å²) in [6.07, 6.45) is 3.44. The highest BCUT2D eigenvalue weighted by molar-refractivity contribution is 5.85. The van der Waals surface area contributed by atoms with Crippen molar-refractivity contribution in [1.82, 2.24) is 5.32 Å². The van der Waals surface area contributed by atoms with E-state index in [-0.39, 0.29) is 30.3 Å². The molecule has 1 saturated carbocycles. The molecule has 0 radical (unpaired) electrons. The van der Waals surface area contributed by atoms with Crippen LogP contribution in [0, 0.1) is 17.8 Å². The van der Waals surface area contributed by atoms with Crippen molar-refractivity contribution < 1.29 is 4.79 Å². The van der Waals surface area contributed by atoms with E-state index < -0.39 is 0 Å². The Labute approximate surface area is 140 Å². The predicted molar refractivity (Wildman–Crippen MR) is 93.9 cm³/mol. The second-order valence-electron chi connectivity index (χ2n) is 6.85. The third-order valence-electron chi connectivity index (χ3n) is 4.66. The summed E-state index contributed by atoms with van der Waals surface area (Å²) in [5, 5.41) is 3.21. The predicted octanol–water partition coefficient (Wildman–Crippen LogP) is 3.69. The third kappa shape index (κ3) is 4.99. The first-order valence-electron chi connectivity index (χ1n) is 8.08. The lowest BCUT2D eigenvalue weighted by molar-refractivity contribution is -0.126. The SMILES string of the molecule is CC1CC(C)CC(NC(=O)C(C)C(N)c2ccccc2)C1.Cl. The molecule has 124 valence electrons. The minimum atomic E-state index is -0.246. The third-order valence-corrected chi connectivity index (χ3v) is 4.66. The van der Waals surface area contributed by atoms with Gasteiger partial charge in [-0.2, -0.15) is 0 Å². The number of carbonyl (C=O) groups excluding carboxylic acids is 1. The molecule has 4 atom stereocenters. The molecule has 0 aromatic heterocycles. The highest BCUT2D eigenvalue weighted by Gasteiger charge is 2.28. The number of benzene rings is 1. The van der Waals surface area contributed by atoms with E-state index in [2.05, 4.69) is 19.2 Å². The van der Waals surface area contributed by atoms with E-state index in [4.69, 9.17) is 5.73 Å². The van der Waals surface area contributed by atoms with Crippen molar-refractivity contribution in [2.24, 2.45) is 23.5 Å². The maximum absolute atomic E-state index is 12.4. The molecule has 22 heavy (non-hydrogen) atoms. The van der Waals surface area contributed by atoms with Gasteiger partial charge < -0.3 is 11.1 Å². The Bertz CT molecular complexity index is 455. The minimum absolute atomic E-state index is 0. The molecular weight excluding hydrogens is 296 g/mol. The molecular formula is C18H29ClN2O. The Morgan fingerprint density at radius 1 is 1.14 bits per heavy atom. The second kappa shape index (κ2) is 8.54. The van der Waals surface area contributed by atoms with Gasteiger partial charge in [-0.05, 0) is 36.7 Å². The van der Waals surface area contributed by atoms with Gasteiger partial charge in [-0.15, -0.1) is 12.4 Å². The van der Waals surface area contributed by atoms with E-state index in [1.807, 2.05) is 37.3 Å². The lowest BCUT2D eigenvalue weighted by atomic mass is 9.80. The highest BCUT2D eigenvalue weighted by Crippen LogP contribution is 2.29. The standard InChI is InChI=1S/C18H28N2O.ClH/c1-12-9-13(2)11-16(10-12)20-18(21)14(3)17(19)15-7-5-4-6-8-15;/h4-8,12-14,16-17H,9-11,19H2,1-3H3,(H,20,21);1H. The molecule has 0 bridgehead atoms. The van der Waals surface area contributed by atoms with Gasteiger partial charge in [0.2, 0.25) is 5.91 Å². The van der Waals surface area contributed by atoms with Crippen LogP contribution in [0.4, 0.5) is 0 Å². The molecule has 3 nitrogen and oxygen atoms in total. The molecule has 0 spiro atoms.